The smallest absolute Gasteiger partial charge is 0.0634 e. The molecule has 0 amide bonds. The van der Waals surface area contributed by atoms with E-state index in [1.54, 1.807) is 16.7 Å². The molecule has 1 aromatic rings. The van der Waals surface area contributed by atoms with Crippen LogP contribution in [-0.2, 0) is 16.6 Å². The molecule has 0 radical (unpaired) electrons. The Morgan fingerprint density at radius 2 is 2.11 bits per heavy atom. The SMILES string of the molecule is CO[C@@H]1CC[C@@]23C[C@@H]1C=C2CCc1ccccc13. The summed E-state index contributed by atoms with van der Waals surface area (Å²) in [7, 11) is 1.87. The van der Waals surface area contributed by atoms with Gasteiger partial charge in [-0.1, -0.05) is 35.9 Å². The Hall–Kier alpha value is -1.08. The van der Waals surface area contributed by atoms with Gasteiger partial charge in [-0.05, 0) is 43.2 Å². The zero-order chi connectivity index (χ0) is 12.2. The van der Waals surface area contributed by atoms with Crippen LogP contribution in [0.1, 0.15) is 36.8 Å². The molecule has 0 unspecified atom stereocenters. The molecule has 0 aromatic heterocycles. The van der Waals surface area contributed by atoms with Crippen molar-refractivity contribution in [2.45, 2.75) is 43.6 Å². The highest BCUT2D eigenvalue weighted by molar-refractivity contribution is 5.49. The van der Waals surface area contributed by atoms with E-state index in [1.165, 1.54) is 32.1 Å². The minimum atomic E-state index is 0.383. The zero-order valence-corrected chi connectivity index (χ0v) is 11.0. The van der Waals surface area contributed by atoms with Gasteiger partial charge in [-0.25, -0.2) is 0 Å². The summed E-state index contributed by atoms with van der Waals surface area (Å²) in [6.07, 6.45) is 9.30. The molecule has 3 aliphatic carbocycles. The lowest BCUT2D eigenvalue weighted by atomic mass is 9.62. The number of hydrogen-bond donors (Lipinski definition) is 0. The molecular weight excluding hydrogens is 220 g/mol. The first kappa shape index (κ1) is 10.8. The van der Waals surface area contributed by atoms with Crippen LogP contribution in [0, 0.1) is 5.92 Å². The van der Waals surface area contributed by atoms with E-state index in [0.29, 0.717) is 17.4 Å². The lowest BCUT2D eigenvalue weighted by Crippen LogP contribution is -2.38. The van der Waals surface area contributed by atoms with Gasteiger partial charge in [0.2, 0.25) is 0 Å². The van der Waals surface area contributed by atoms with Crippen LogP contribution in [-0.4, -0.2) is 13.2 Å². The predicted octanol–water partition coefficient (Wildman–Crippen LogP) is 3.63. The van der Waals surface area contributed by atoms with Crippen molar-refractivity contribution in [3.63, 3.8) is 0 Å². The normalized spacial score (nSPS) is 36.8. The fourth-order valence-corrected chi connectivity index (χ4v) is 4.62. The van der Waals surface area contributed by atoms with E-state index in [-0.39, 0.29) is 0 Å². The van der Waals surface area contributed by atoms with Crippen LogP contribution in [0.3, 0.4) is 0 Å². The maximum Gasteiger partial charge on any atom is 0.0634 e. The van der Waals surface area contributed by atoms with Gasteiger partial charge in [0.15, 0.2) is 0 Å². The molecule has 1 fully saturated rings. The Bertz CT molecular complexity index is 516. The van der Waals surface area contributed by atoms with E-state index in [4.69, 9.17) is 4.74 Å². The van der Waals surface area contributed by atoms with Crippen LogP contribution in [0.15, 0.2) is 35.9 Å². The summed E-state index contributed by atoms with van der Waals surface area (Å²) < 4.78 is 5.67. The number of hydrogen-bond acceptors (Lipinski definition) is 1. The van der Waals surface area contributed by atoms with Gasteiger partial charge >= 0.3 is 0 Å². The summed E-state index contributed by atoms with van der Waals surface area (Å²) in [5.74, 6) is 0.657. The fraction of sp³-hybridized carbons (Fsp3) is 0.529. The molecule has 1 nitrogen and oxygen atoms in total. The third kappa shape index (κ3) is 1.26. The highest BCUT2D eigenvalue weighted by Gasteiger charge is 2.50. The summed E-state index contributed by atoms with van der Waals surface area (Å²) in [5, 5.41) is 0. The van der Waals surface area contributed by atoms with Gasteiger partial charge in [0.05, 0.1) is 6.10 Å². The molecule has 1 heteroatoms. The van der Waals surface area contributed by atoms with Gasteiger partial charge < -0.3 is 4.74 Å². The van der Waals surface area contributed by atoms with Crippen molar-refractivity contribution in [3.8, 4) is 0 Å². The first-order valence-corrected chi connectivity index (χ1v) is 7.16. The van der Waals surface area contributed by atoms with E-state index < -0.39 is 0 Å². The number of ether oxygens (including phenoxy) is 1. The summed E-state index contributed by atoms with van der Waals surface area (Å²) in [5.41, 5.74) is 5.31. The second kappa shape index (κ2) is 3.71. The minimum absolute atomic E-state index is 0.383. The van der Waals surface area contributed by atoms with Crippen LogP contribution < -0.4 is 0 Å². The Kier molecular flexibility index (Phi) is 2.23. The Morgan fingerprint density at radius 1 is 1.22 bits per heavy atom. The van der Waals surface area contributed by atoms with Crippen LogP contribution in [0.4, 0.5) is 0 Å². The quantitative estimate of drug-likeness (QED) is 0.681. The standard InChI is InChI=1S/C17H20O/c1-18-16-8-9-17-11-13(16)10-14(17)7-6-12-4-2-3-5-15(12)17/h2-5,10,13,16H,6-9,11H2,1H3/t13-,16+,17+/m0/s1. The lowest BCUT2D eigenvalue weighted by molar-refractivity contribution is 0.0318. The molecule has 3 aliphatic rings. The molecule has 3 atom stereocenters. The molecule has 1 aromatic carbocycles. The van der Waals surface area contributed by atoms with Gasteiger partial charge in [0.25, 0.3) is 0 Å². The number of aryl methyl sites for hydroxylation is 1. The maximum atomic E-state index is 5.67. The molecule has 2 bridgehead atoms. The van der Waals surface area contributed by atoms with Crippen LogP contribution in [0.25, 0.3) is 0 Å². The lowest BCUT2D eigenvalue weighted by Gasteiger charge is -2.43. The monoisotopic (exact) mass is 240 g/mol. The third-order valence-electron chi connectivity index (χ3n) is 5.45. The molecule has 1 saturated carbocycles. The second-order valence-electron chi connectivity index (χ2n) is 6.11. The van der Waals surface area contributed by atoms with E-state index in [9.17, 15) is 0 Å². The van der Waals surface area contributed by atoms with Crippen molar-refractivity contribution >= 4 is 0 Å². The molecule has 94 valence electrons. The summed E-state index contributed by atoms with van der Waals surface area (Å²) in [6.45, 7) is 0. The number of methoxy groups -OCH3 is 1. The highest BCUT2D eigenvalue weighted by atomic mass is 16.5. The molecule has 4 rings (SSSR count). The van der Waals surface area contributed by atoms with Crippen molar-refractivity contribution in [3.05, 3.63) is 47.0 Å². The zero-order valence-electron chi connectivity index (χ0n) is 11.0. The largest absolute Gasteiger partial charge is 0.381 e. The number of rotatable bonds is 1. The average molecular weight is 240 g/mol. The van der Waals surface area contributed by atoms with E-state index in [0.717, 1.165) is 0 Å². The molecule has 0 heterocycles. The molecule has 0 saturated heterocycles. The molecule has 0 aliphatic heterocycles. The molecule has 0 N–H and O–H groups in total. The van der Waals surface area contributed by atoms with Crippen molar-refractivity contribution in [2.24, 2.45) is 5.92 Å². The minimum Gasteiger partial charge on any atom is -0.381 e. The first-order valence-electron chi connectivity index (χ1n) is 7.16. The molecular formula is C17H20O. The van der Waals surface area contributed by atoms with Gasteiger partial charge in [0.1, 0.15) is 0 Å². The van der Waals surface area contributed by atoms with E-state index in [1.807, 2.05) is 7.11 Å². The molecule has 18 heavy (non-hydrogen) atoms. The summed E-state index contributed by atoms with van der Waals surface area (Å²) in [6, 6.07) is 9.11. The van der Waals surface area contributed by atoms with E-state index >= 15 is 0 Å². The van der Waals surface area contributed by atoms with Gasteiger partial charge in [-0.3, -0.25) is 0 Å². The maximum absolute atomic E-state index is 5.67. The fourth-order valence-electron chi connectivity index (χ4n) is 4.62. The number of allylic oxidation sites excluding steroid dienone is 1. The molecule has 1 spiro atoms. The van der Waals surface area contributed by atoms with Crippen molar-refractivity contribution in [2.75, 3.05) is 7.11 Å². The van der Waals surface area contributed by atoms with Crippen molar-refractivity contribution in [1.29, 1.82) is 0 Å². The van der Waals surface area contributed by atoms with Crippen molar-refractivity contribution in [1.82, 2.24) is 0 Å². The summed E-state index contributed by atoms with van der Waals surface area (Å²) in [4.78, 5) is 0. The Morgan fingerprint density at radius 3 is 3.00 bits per heavy atom. The first-order chi connectivity index (χ1) is 8.83. The van der Waals surface area contributed by atoms with Gasteiger partial charge in [0, 0.05) is 18.4 Å². The number of fused-ring (bicyclic) bond motifs is 2. The second-order valence-corrected chi connectivity index (χ2v) is 6.11. The van der Waals surface area contributed by atoms with Crippen LogP contribution >= 0.6 is 0 Å². The van der Waals surface area contributed by atoms with Gasteiger partial charge in [-0.2, -0.15) is 0 Å². The van der Waals surface area contributed by atoms with Crippen LogP contribution in [0.2, 0.25) is 0 Å². The predicted molar refractivity (Wildman–Crippen MR) is 72.7 cm³/mol. The van der Waals surface area contributed by atoms with Crippen molar-refractivity contribution < 1.29 is 4.74 Å². The Balaban J connectivity index is 1.83. The highest BCUT2D eigenvalue weighted by Crippen LogP contribution is 2.57. The Labute approximate surface area is 109 Å². The summed E-state index contributed by atoms with van der Waals surface area (Å²) >= 11 is 0. The van der Waals surface area contributed by atoms with E-state index in [2.05, 4.69) is 30.3 Å². The number of benzene rings is 1. The average Bonchev–Trinajstić information content (AvgIpc) is 2.73. The van der Waals surface area contributed by atoms with Gasteiger partial charge in [-0.15, -0.1) is 0 Å². The third-order valence-corrected chi connectivity index (χ3v) is 5.45. The topological polar surface area (TPSA) is 9.23 Å². The van der Waals surface area contributed by atoms with Crippen LogP contribution in [0.5, 0.6) is 0 Å².